The number of carbonyl (C=O) groups is 1. The second-order valence-electron chi connectivity index (χ2n) is 4.65. The van der Waals surface area contributed by atoms with E-state index in [-0.39, 0.29) is 12.4 Å². The molecular weight excluding hydrogens is 242 g/mol. The van der Waals surface area contributed by atoms with Crippen LogP contribution in [0.25, 0.3) is 0 Å². The zero-order chi connectivity index (χ0) is 13.7. The van der Waals surface area contributed by atoms with Crippen molar-refractivity contribution in [3.05, 3.63) is 29.3 Å². The van der Waals surface area contributed by atoms with Crippen molar-refractivity contribution in [2.45, 2.75) is 32.2 Å². The summed E-state index contributed by atoms with van der Waals surface area (Å²) in [5.41, 5.74) is 2.61. The standard InChI is InChI=1S/C15H21NO3/c1-3-16-13-8-7-12-11(13)5-4-6-14(12)19-10-9-15(17)18-2/h4-6,13,16H,3,7-10H2,1-2H3. The van der Waals surface area contributed by atoms with Gasteiger partial charge in [0.25, 0.3) is 0 Å². The molecule has 0 aromatic heterocycles. The molecular formula is C15H21NO3. The Morgan fingerprint density at radius 1 is 1.47 bits per heavy atom. The third-order valence-electron chi connectivity index (χ3n) is 3.47. The normalized spacial score (nSPS) is 17.1. The van der Waals surface area contributed by atoms with E-state index < -0.39 is 0 Å². The number of hydrogen-bond acceptors (Lipinski definition) is 4. The van der Waals surface area contributed by atoms with Gasteiger partial charge in [-0.2, -0.15) is 0 Å². The molecule has 1 atom stereocenters. The molecule has 104 valence electrons. The van der Waals surface area contributed by atoms with Crippen LogP contribution in [0.4, 0.5) is 0 Å². The van der Waals surface area contributed by atoms with E-state index in [0.717, 1.165) is 25.1 Å². The highest BCUT2D eigenvalue weighted by atomic mass is 16.5. The van der Waals surface area contributed by atoms with Gasteiger partial charge in [0.2, 0.25) is 0 Å². The van der Waals surface area contributed by atoms with E-state index in [4.69, 9.17) is 4.74 Å². The molecule has 0 aliphatic heterocycles. The monoisotopic (exact) mass is 263 g/mol. The minimum atomic E-state index is -0.238. The van der Waals surface area contributed by atoms with E-state index in [2.05, 4.69) is 23.0 Å². The maximum absolute atomic E-state index is 11.1. The molecule has 0 saturated carbocycles. The number of carbonyl (C=O) groups excluding carboxylic acids is 1. The fourth-order valence-corrected chi connectivity index (χ4v) is 2.56. The predicted octanol–water partition coefficient (Wildman–Crippen LogP) is 2.23. The third kappa shape index (κ3) is 3.26. The predicted molar refractivity (Wildman–Crippen MR) is 73.3 cm³/mol. The molecule has 1 aromatic rings. The quantitative estimate of drug-likeness (QED) is 0.800. The minimum Gasteiger partial charge on any atom is -0.493 e. The molecule has 0 fully saturated rings. The van der Waals surface area contributed by atoms with Crippen molar-refractivity contribution in [2.24, 2.45) is 0 Å². The first-order chi connectivity index (χ1) is 9.26. The van der Waals surface area contributed by atoms with E-state index >= 15 is 0 Å². The number of methoxy groups -OCH3 is 1. The van der Waals surface area contributed by atoms with Gasteiger partial charge in [-0.1, -0.05) is 19.1 Å². The molecule has 0 spiro atoms. The van der Waals surface area contributed by atoms with Crippen molar-refractivity contribution in [1.82, 2.24) is 5.32 Å². The second-order valence-corrected chi connectivity index (χ2v) is 4.65. The average molecular weight is 263 g/mol. The fraction of sp³-hybridized carbons (Fsp3) is 0.533. The number of nitrogens with one attached hydrogen (secondary N) is 1. The van der Waals surface area contributed by atoms with Gasteiger partial charge in [-0.3, -0.25) is 4.79 Å². The molecule has 0 radical (unpaired) electrons. The van der Waals surface area contributed by atoms with Crippen LogP contribution >= 0.6 is 0 Å². The van der Waals surface area contributed by atoms with Gasteiger partial charge < -0.3 is 14.8 Å². The van der Waals surface area contributed by atoms with Crippen LogP contribution in [0.1, 0.15) is 36.9 Å². The summed E-state index contributed by atoms with van der Waals surface area (Å²) in [5, 5.41) is 3.48. The summed E-state index contributed by atoms with van der Waals surface area (Å²) in [6.07, 6.45) is 2.43. The number of ether oxygens (including phenoxy) is 2. The summed E-state index contributed by atoms with van der Waals surface area (Å²) in [5.74, 6) is 0.667. The zero-order valence-corrected chi connectivity index (χ0v) is 11.6. The van der Waals surface area contributed by atoms with Gasteiger partial charge in [0.1, 0.15) is 5.75 Å². The van der Waals surface area contributed by atoms with Crippen molar-refractivity contribution >= 4 is 5.97 Å². The van der Waals surface area contributed by atoms with Crippen molar-refractivity contribution < 1.29 is 14.3 Å². The lowest BCUT2D eigenvalue weighted by molar-refractivity contribution is -0.141. The molecule has 2 rings (SSSR count). The summed E-state index contributed by atoms with van der Waals surface area (Å²) in [4.78, 5) is 11.1. The largest absolute Gasteiger partial charge is 0.493 e. The van der Waals surface area contributed by atoms with Crippen LogP contribution in [-0.2, 0) is 16.0 Å². The highest BCUT2D eigenvalue weighted by Crippen LogP contribution is 2.36. The molecule has 1 aliphatic carbocycles. The molecule has 4 heteroatoms. The lowest BCUT2D eigenvalue weighted by Crippen LogP contribution is -2.18. The van der Waals surface area contributed by atoms with Crippen molar-refractivity contribution in [1.29, 1.82) is 0 Å². The molecule has 1 unspecified atom stereocenters. The summed E-state index contributed by atoms with van der Waals surface area (Å²) in [6, 6.07) is 6.58. The van der Waals surface area contributed by atoms with Gasteiger partial charge in [0.05, 0.1) is 20.1 Å². The molecule has 0 saturated heterocycles. The third-order valence-corrected chi connectivity index (χ3v) is 3.47. The maximum atomic E-state index is 11.1. The summed E-state index contributed by atoms with van der Waals surface area (Å²) < 4.78 is 10.3. The molecule has 19 heavy (non-hydrogen) atoms. The van der Waals surface area contributed by atoms with Crippen LogP contribution in [0.5, 0.6) is 5.75 Å². The number of esters is 1. The Balaban J connectivity index is 2.01. The smallest absolute Gasteiger partial charge is 0.308 e. The Bertz CT molecular complexity index is 445. The lowest BCUT2D eigenvalue weighted by atomic mass is 10.1. The highest BCUT2D eigenvalue weighted by Gasteiger charge is 2.24. The van der Waals surface area contributed by atoms with Crippen molar-refractivity contribution in [3.63, 3.8) is 0 Å². The molecule has 1 aromatic carbocycles. The van der Waals surface area contributed by atoms with Gasteiger partial charge >= 0.3 is 5.97 Å². The minimum absolute atomic E-state index is 0.238. The van der Waals surface area contributed by atoms with E-state index in [1.54, 1.807) is 0 Å². The Labute approximate surface area is 114 Å². The van der Waals surface area contributed by atoms with Gasteiger partial charge in [-0.15, -0.1) is 0 Å². The molecule has 0 amide bonds. The van der Waals surface area contributed by atoms with Crippen molar-refractivity contribution in [3.8, 4) is 5.75 Å². The molecule has 1 N–H and O–H groups in total. The summed E-state index contributed by atoms with van der Waals surface area (Å²) in [6.45, 7) is 3.46. The topological polar surface area (TPSA) is 47.6 Å². The van der Waals surface area contributed by atoms with Crippen LogP contribution in [0.3, 0.4) is 0 Å². The second kappa shape index (κ2) is 6.57. The number of fused-ring (bicyclic) bond motifs is 1. The van der Waals surface area contributed by atoms with Crippen molar-refractivity contribution in [2.75, 3.05) is 20.3 Å². The Kier molecular flexibility index (Phi) is 4.80. The van der Waals surface area contributed by atoms with Gasteiger partial charge in [-0.25, -0.2) is 0 Å². The Hall–Kier alpha value is -1.55. The van der Waals surface area contributed by atoms with Crippen LogP contribution in [0, 0.1) is 0 Å². The Morgan fingerprint density at radius 3 is 3.05 bits per heavy atom. The fourth-order valence-electron chi connectivity index (χ4n) is 2.56. The van der Waals surface area contributed by atoms with E-state index in [0.29, 0.717) is 12.6 Å². The highest BCUT2D eigenvalue weighted by molar-refractivity contribution is 5.69. The van der Waals surface area contributed by atoms with E-state index in [1.165, 1.54) is 18.2 Å². The zero-order valence-electron chi connectivity index (χ0n) is 11.6. The molecule has 1 aliphatic rings. The molecule has 0 heterocycles. The van der Waals surface area contributed by atoms with Crippen LogP contribution < -0.4 is 10.1 Å². The number of rotatable bonds is 6. The summed E-state index contributed by atoms with van der Waals surface area (Å²) in [7, 11) is 1.39. The SMILES string of the molecule is CCNC1CCc2c(OCCC(=O)OC)cccc21. The first-order valence-electron chi connectivity index (χ1n) is 6.81. The van der Waals surface area contributed by atoms with Crippen LogP contribution in [-0.4, -0.2) is 26.2 Å². The molecule has 4 nitrogen and oxygen atoms in total. The summed E-state index contributed by atoms with van der Waals surface area (Å²) >= 11 is 0. The Morgan fingerprint density at radius 2 is 2.32 bits per heavy atom. The number of benzene rings is 1. The maximum Gasteiger partial charge on any atom is 0.308 e. The van der Waals surface area contributed by atoms with Gasteiger partial charge in [-0.05, 0) is 36.6 Å². The first kappa shape index (κ1) is 13.9. The van der Waals surface area contributed by atoms with Gasteiger partial charge in [0, 0.05) is 6.04 Å². The number of hydrogen-bond donors (Lipinski definition) is 1. The lowest BCUT2D eigenvalue weighted by Gasteiger charge is -2.14. The van der Waals surface area contributed by atoms with E-state index in [1.807, 2.05) is 12.1 Å². The molecule has 0 bridgehead atoms. The van der Waals surface area contributed by atoms with Crippen LogP contribution in [0.15, 0.2) is 18.2 Å². The van der Waals surface area contributed by atoms with Crippen LogP contribution in [0.2, 0.25) is 0 Å². The van der Waals surface area contributed by atoms with Gasteiger partial charge in [0.15, 0.2) is 0 Å². The van der Waals surface area contributed by atoms with E-state index in [9.17, 15) is 4.79 Å². The average Bonchev–Trinajstić information content (AvgIpc) is 2.83. The first-order valence-corrected chi connectivity index (χ1v) is 6.81.